The molecule has 1 fully saturated rings. The Morgan fingerprint density at radius 1 is 1.37 bits per heavy atom. The van der Waals surface area contributed by atoms with Gasteiger partial charge in [-0.1, -0.05) is 0 Å². The van der Waals surface area contributed by atoms with Crippen molar-refractivity contribution in [1.82, 2.24) is 14.5 Å². The molecular formula is C16H18N6O5. The maximum atomic E-state index is 12.4. The van der Waals surface area contributed by atoms with Gasteiger partial charge >= 0.3 is 0 Å². The molecule has 1 amide bonds. The molecule has 1 aliphatic heterocycles. The summed E-state index contributed by atoms with van der Waals surface area (Å²) in [7, 11) is 1.42. The Bertz CT molecular complexity index is 859. The fourth-order valence-corrected chi connectivity index (χ4v) is 2.55. The standard InChI is InChI=1S/C16H18N6O5/c1-26-12-2-3-13(14(10-12)22(24)25)18-19-16-17-4-5-21(16)11-15(23)20-6-8-27-9-7-20/h2-5,10H,6-9,11H2,1H3. The van der Waals surface area contributed by atoms with Crippen LogP contribution in [0.25, 0.3) is 0 Å². The zero-order chi connectivity index (χ0) is 19.2. The van der Waals surface area contributed by atoms with Crippen LogP contribution in [-0.4, -0.2) is 58.7 Å². The van der Waals surface area contributed by atoms with Crippen LogP contribution in [0.3, 0.4) is 0 Å². The predicted molar refractivity (Wildman–Crippen MR) is 93.5 cm³/mol. The average molecular weight is 374 g/mol. The summed E-state index contributed by atoms with van der Waals surface area (Å²) in [6.07, 6.45) is 3.10. The Balaban J connectivity index is 1.76. The minimum Gasteiger partial charge on any atom is -0.496 e. The van der Waals surface area contributed by atoms with E-state index in [1.807, 2.05) is 0 Å². The highest BCUT2D eigenvalue weighted by molar-refractivity contribution is 5.76. The molecule has 0 aliphatic carbocycles. The second kappa shape index (κ2) is 8.36. The van der Waals surface area contributed by atoms with E-state index in [0.717, 1.165) is 0 Å². The van der Waals surface area contributed by atoms with E-state index >= 15 is 0 Å². The first-order valence-corrected chi connectivity index (χ1v) is 8.19. The van der Waals surface area contributed by atoms with Crippen molar-refractivity contribution in [2.45, 2.75) is 6.54 Å². The van der Waals surface area contributed by atoms with Gasteiger partial charge in [0.05, 0.1) is 31.3 Å². The first kappa shape index (κ1) is 18.5. The second-order valence-electron chi connectivity index (χ2n) is 5.66. The molecule has 0 N–H and O–H groups in total. The van der Waals surface area contributed by atoms with Crippen LogP contribution >= 0.6 is 0 Å². The molecular weight excluding hydrogens is 356 g/mol. The molecule has 2 aromatic rings. The lowest BCUT2D eigenvalue weighted by atomic mass is 10.2. The van der Waals surface area contributed by atoms with Crippen molar-refractivity contribution in [3.05, 3.63) is 40.7 Å². The summed E-state index contributed by atoms with van der Waals surface area (Å²) in [6, 6.07) is 4.26. The number of hydrogen-bond donors (Lipinski definition) is 0. The van der Waals surface area contributed by atoms with Crippen molar-refractivity contribution < 1.29 is 19.2 Å². The summed E-state index contributed by atoms with van der Waals surface area (Å²) in [6.45, 7) is 2.18. The molecule has 0 spiro atoms. The minimum atomic E-state index is -0.564. The Hall–Kier alpha value is -3.34. The molecule has 1 aromatic carbocycles. The molecule has 0 saturated carbocycles. The predicted octanol–water partition coefficient (Wildman–Crippen LogP) is 2.07. The molecule has 0 radical (unpaired) electrons. The molecule has 27 heavy (non-hydrogen) atoms. The number of amides is 1. The van der Waals surface area contributed by atoms with Gasteiger partial charge in [-0.2, -0.15) is 0 Å². The van der Waals surface area contributed by atoms with Crippen molar-refractivity contribution in [3.8, 4) is 5.75 Å². The number of nitro groups is 1. The Kier molecular flexibility index (Phi) is 5.71. The fraction of sp³-hybridized carbons (Fsp3) is 0.375. The number of hydrogen-bond acceptors (Lipinski definition) is 8. The van der Waals surface area contributed by atoms with Crippen molar-refractivity contribution >= 4 is 23.2 Å². The summed E-state index contributed by atoms with van der Waals surface area (Å²) in [5, 5.41) is 19.1. The Morgan fingerprint density at radius 2 is 2.15 bits per heavy atom. The van der Waals surface area contributed by atoms with Crippen LogP contribution in [0.2, 0.25) is 0 Å². The van der Waals surface area contributed by atoms with Crippen LogP contribution in [0.5, 0.6) is 5.75 Å². The molecule has 142 valence electrons. The molecule has 11 nitrogen and oxygen atoms in total. The lowest BCUT2D eigenvalue weighted by Crippen LogP contribution is -2.42. The smallest absolute Gasteiger partial charge is 0.300 e. The van der Waals surface area contributed by atoms with E-state index in [-0.39, 0.29) is 29.8 Å². The third-order valence-corrected chi connectivity index (χ3v) is 3.99. The van der Waals surface area contributed by atoms with Gasteiger partial charge < -0.3 is 18.9 Å². The number of carbonyl (C=O) groups is 1. The van der Waals surface area contributed by atoms with Gasteiger partial charge in [0.25, 0.3) is 5.69 Å². The average Bonchev–Trinajstić information content (AvgIpc) is 3.13. The monoisotopic (exact) mass is 374 g/mol. The number of methoxy groups -OCH3 is 1. The Labute approximate surface area is 154 Å². The van der Waals surface area contributed by atoms with E-state index < -0.39 is 4.92 Å². The first-order chi connectivity index (χ1) is 13.1. The highest BCUT2D eigenvalue weighted by Gasteiger charge is 2.19. The third-order valence-electron chi connectivity index (χ3n) is 3.99. The first-order valence-electron chi connectivity index (χ1n) is 8.19. The molecule has 11 heteroatoms. The van der Waals surface area contributed by atoms with Gasteiger partial charge in [-0.3, -0.25) is 14.9 Å². The minimum absolute atomic E-state index is 0.0546. The molecule has 0 unspecified atom stereocenters. The fourth-order valence-electron chi connectivity index (χ4n) is 2.55. The van der Waals surface area contributed by atoms with E-state index in [1.165, 1.54) is 30.0 Å². The van der Waals surface area contributed by atoms with Crippen molar-refractivity contribution in [3.63, 3.8) is 0 Å². The van der Waals surface area contributed by atoms with Gasteiger partial charge in [-0.15, -0.1) is 10.2 Å². The van der Waals surface area contributed by atoms with Crippen LogP contribution in [-0.2, 0) is 16.1 Å². The molecule has 3 rings (SSSR count). The molecule has 2 heterocycles. The molecule has 1 saturated heterocycles. The van der Waals surface area contributed by atoms with Crippen molar-refractivity contribution in [1.29, 1.82) is 0 Å². The van der Waals surface area contributed by atoms with Crippen molar-refractivity contribution in [2.24, 2.45) is 10.2 Å². The highest BCUT2D eigenvalue weighted by atomic mass is 16.6. The number of morpholine rings is 1. The SMILES string of the molecule is COc1ccc(N=Nc2nccn2CC(=O)N2CCOCC2)c([N+](=O)[O-])c1. The summed E-state index contributed by atoms with van der Waals surface area (Å²) in [5.41, 5.74) is -0.171. The van der Waals surface area contributed by atoms with E-state index in [2.05, 4.69) is 15.2 Å². The lowest BCUT2D eigenvalue weighted by molar-refractivity contribution is -0.384. The van der Waals surface area contributed by atoms with Crippen LogP contribution in [0.1, 0.15) is 0 Å². The number of benzene rings is 1. The number of carbonyl (C=O) groups excluding carboxylic acids is 1. The topological polar surface area (TPSA) is 124 Å². The quantitative estimate of drug-likeness (QED) is 0.433. The number of nitrogens with zero attached hydrogens (tertiary/aromatic N) is 6. The lowest BCUT2D eigenvalue weighted by Gasteiger charge is -2.26. The maximum Gasteiger partial charge on any atom is 0.300 e. The van der Waals surface area contributed by atoms with Gasteiger partial charge in [0, 0.05) is 25.5 Å². The number of rotatable bonds is 6. The molecule has 1 aromatic heterocycles. The highest BCUT2D eigenvalue weighted by Crippen LogP contribution is 2.32. The van der Waals surface area contributed by atoms with Crippen molar-refractivity contribution in [2.75, 3.05) is 33.4 Å². The third kappa shape index (κ3) is 4.44. The summed E-state index contributed by atoms with van der Waals surface area (Å²) < 4.78 is 11.8. The van der Waals surface area contributed by atoms with E-state index in [0.29, 0.717) is 32.1 Å². The number of imidazole rings is 1. The maximum absolute atomic E-state index is 12.4. The second-order valence-corrected chi connectivity index (χ2v) is 5.66. The van der Waals surface area contributed by atoms with Gasteiger partial charge in [-0.25, -0.2) is 4.98 Å². The summed E-state index contributed by atoms with van der Waals surface area (Å²) in [4.78, 5) is 28.8. The summed E-state index contributed by atoms with van der Waals surface area (Å²) >= 11 is 0. The summed E-state index contributed by atoms with van der Waals surface area (Å²) in [5.74, 6) is 0.447. The van der Waals surface area contributed by atoms with Crippen LogP contribution < -0.4 is 4.74 Å². The molecule has 0 bridgehead atoms. The van der Waals surface area contributed by atoms with Crippen LogP contribution in [0.15, 0.2) is 40.8 Å². The van der Waals surface area contributed by atoms with E-state index in [4.69, 9.17) is 9.47 Å². The molecule has 0 atom stereocenters. The number of ether oxygens (including phenoxy) is 2. The number of nitro benzene ring substituents is 1. The van der Waals surface area contributed by atoms with Crippen LogP contribution in [0.4, 0.5) is 17.3 Å². The van der Waals surface area contributed by atoms with E-state index in [1.54, 1.807) is 17.2 Å². The van der Waals surface area contributed by atoms with Gasteiger partial charge in [-0.05, 0) is 12.1 Å². The van der Waals surface area contributed by atoms with Gasteiger partial charge in [0.15, 0.2) is 5.69 Å². The number of azo groups is 1. The zero-order valence-corrected chi connectivity index (χ0v) is 14.6. The Morgan fingerprint density at radius 3 is 2.85 bits per heavy atom. The number of aromatic nitrogens is 2. The molecule has 1 aliphatic rings. The zero-order valence-electron chi connectivity index (χ0n) is 14.6. The van der Waals surface area contributed by atoms with Gasteiger partial charge in [0.1, 0.15) is 12.3 Å². The van der Waals surface area contributed by atoms with Gasteiger partial charge in [0.2, 0.25) is 11.9 Å². The normalized spacial score (nSPS) is 14.5. The van der Waals surface area contributed by atoms with E-state index in [9.17, 15) is 14.9 Å². The largest absolute Gasteiger partial charge is 0.496 e. The van der Waals surface area contributed by atoms with Crippen LogP contribution in [0, 0.1) is 10.1 Å².